The van der Waals surface area contributed by atoms with Crippen molar-refractivity contribution in [3.05, 3.63) is 29.8 Å². The zero-order valence-electron chi connectivity index (χ0n) is 12.6. The Bertz CT molecular complexity index is 419. The molecule has 0 heterocycles. The Kier molecular flexibility index (Phi) is 5.40. The first-order chi connectivity index (χ1) is 8.78. The molecule has 0 saturated heterocycles. The van der Waals surface area contributed by atoms with Crippen LogP contribution in [0.1, 0.15) is 46.6 Å². The molecule has 0 fully saturated rings. The highest BCUT2D eigenvalue weighted by Crippen LogP contribution is 2.22. The van der Waals surface area contributed by atoms with E-state index >= 15 is 0 Å². The minimum Gasteiger partial charge on any atom is -0.488 e. The molecule has 0 aromatic heterocycles. The van der Waals surface area contributed by atoms with Crippen molar-refractivity contribution in [2.24, 2.45) is 5.92 Å². The second-order valence-corrected chi connectivity index (χ2v) is 6.20. The molecule has 0 unspecified atom stereocenters. The average molecular weight is 263 g/mol. The fourth-order valence-corrected chi connectivity index (χ4v) is 1.72. The van der Waals surface area contributed by atoms with E-state index in [0.29, 0.717) is 18.9 Å². The van der Waals surface area contributed by atoms with E-state index in [0.717, 1.165) is 11.3 Å². The van der Waals surface area contributed by atoms with Crippen LogP contribution in [0.3, 0.4) is 0 Å². The number of para-hydroxylation sites is 1. The molecule has 0 radical (unpaired) electrons. The Morgan fingerprint density at radius 3 is 2.47 bits per heavy atom. The van der Waals surface area contributed by atoms with Gasteiger partial charge in [0.25, 0.3) is 0 Å². The normalized spacial score (nSPS) is 11.5. The molecule has 0 aliphatic carbocycles. The molecule has 1 rings (SSSR count). The minimum absolute atomic E-state index is 0.0839. The van der Waals surface area contributed by atoms with Gasteiger partial charge in [-0.2, -0.15) is 0 Å². The van der Waals surface area contributed by atoms with Crippen molar-refractivity contribution in [3.63, 3.8) is 0 Å². The van der Waals surface area contributed by atoms with Crippen molar-refractivity contribution in [2.75, 3.05) is 0 Å². The number of benzene rings is 1. The first-order valence-electron chi connectivity index (χ1n) is 6.81. The van der Waals surface area contributed by atoms with Crippen LogP contribution in [-0.2, 0) is 11.3 Å². The molecule has 1 aromatic rings. The fourth-order valence-electron chi connectivity index (χ4n) is 1.72. The van der Waals surface area contributed by atoms with E-state index in [1.54, 1.807) is 0 Å². The summed E-state index contributed by atoms with van der Waals surface area (Å²) in [6.07, 6.45) is 0.558. The Hall–Kier alpha value is -1.51. The molecule has 1 N–H and O–H groups in total. The summed E-state index contributed by atoms with van der Waals surface area (Å²) in [6, 6.07) is 7.83. The van der Waals surface area contributed by atoms with Gasteiger partial charge in [0, 0.05) is 18.5 Å². The molecule has 0 aliphatic heterocycles. The maximum atomic E-state index is 11.7. The first-order valence-corrected chi connectivity index (χ1v) is 6.81. The molecular formula is C16H25NO2. The zero-order chi connectivity index (χ0) is 14.5. The SMILES string of the molecule is CC(C)CC(=O)NCc1ccccc1OC(C)(C)C. The highest BCUT2D eigenvalue weighted by molar-refractivity contribution is 5.76. The Balaban J connectivity index is 2.65. The number of amides is 1. The van der Waals surface area contributed by atoms with Gasteiger partial charge in [-0.15, -0.1) is 0 Å². The third-order valence-corrected chi connectivity index (χ3v) is 2.46. The maximum absolute atomic E-state index is 11.7. The van der Waals surface area contributed by atoms with Gasteiger partial charge >= 0.3 is 0 Å². The van der Waals surface area contributed by atoms with Gasteiger partial charge in [-0.25, -0.2) is 0 Å². The standard InChI is InChI=1S/C16H25NO2/c1-12(2)10-15(18)17-11-13-8-6-7-9-14(13)19-16(3,4)5/h6-9,12H,10-11H2,1-5H3,(H,17,18). The number of carbonyl (C=O) groups is 1. The van der Waals surface area contributed by atoms with Gasteiger partial charge in [-0.3, -0.25) is 4.79 Å². The Labute approximate surface area is 116 Å². The second-order valence-electron chi connectivity index (χ2n) is 6.20. The second kappa shape index (κ2) is 6.60. The van der Waals surface area contributed by atoms with Crippen molar-refractivity contribution in [3.8, 4) is 5.75 Å². The van der Waals surface area contributed by atoms with E-state index in [2.05, 4.69) is 5.32 Å². The van der Waals surface area contributed by atoms with Gasteiger partial charge in [0.15, 0.2) is 0 Å². The molecular weight excluding hydrogens is 238 g/mol. The zero-order valence-corrected chi connectivity index (χ0v) is 12.6. The summed E-state index contributed by atoms with van der Waals surface area (Å²) in [4.78, 5) is 11.7. The molecule has 0 spiro atoms. The smallest absolute Gasteiger partial charge is 0.220 e. The highest BCUT2D eigenvalue weighted by Gasteiger charge is 2.14. The number of nitrogens with one attached hydrogen (secondary N) is 1. The third kappa shape index (κ3) is 6.27. The summed E-state index contributed by atoms with van der Waals surface area (Å²) in [7, 11) is 0. The summed E-state index contributed by atoms with van der Waals surface area (Å²) in [5, 5.41) is 2.94. The van der Waals surface area contributed by atoms with Gasteiger partial charge in [0.1, 0.15) is 11.4 Å². The summed E-state index contributed by atoms with van der Waals surface area (Å²) in [6.45, 7) is 10.6. The highest BCUT2D eigenvalue weighted by atomic mass is 16.5. The van der Waals surface area contributed by atoms with Gasteiger partial charge in [0.2, 0.25) is 5.91 Å². The lowest BCUT2D eigenvalue weighted by Gasteiger charge is -2.23. The van der Waals surface area contributed by atoms with Gasteiger partial charge < -0.3 is 10.1 Å². The molecule has 0 atom stereocenters. The fraction of sp³-hybridized carbons (Fsp3) is 0.562. The molecule has 0 saturated carbocycles. The van der Waals surface area contributed by atoms with E-state index in [4.69, 9.17) is 4.74 Å². The Morgan fingerprint density at radius 1 is 1.26 bits per heavy atom. The lowest BCUT2D eigenvalue weighted by molar-refractivity contribution is -0.121. The predicted molar refractivity (Wildman–Crippen MR) is 78.1 cm³/mol. The van der Waals surface area contributed by atoms with Crippen molar-refractivity contribution in [1.29, 1.82) is 0 Å². The Morgan fingerprint density at radius 2 is 1.89 bits per heavy atom. The van der Waals surface area contributed by atoms with Crippen LogP contribution < -0.4 is 10.1 Å². The molecule has 1 aromatic carbocycles. The number of ether oxygens (including phenoxy) is 1. The number of carbonyl (C=O) groups excluding carboxylic acids is 1. The maximum Gasteiger partial charge on any atom is 0.220 e. The number of hydrogen-bond donors (Lipinski definition) is 1. The first kappa shape index (κ1) is 15.5. The van der Waals surface area contributed by atoms with Crippen LogP contribution in [0.15, 0.2) is 24.3 Å². The summed E-state index contributed by atoms with van der Waals surface area (Å²) in [5.74, 6) is 1.29. The average Bonchev–Trinajstić information content (AvgIpc) is 2.25. The van der Waals surface area contributed by atoms with E-state index in [-0.39, 0.29) is 11.5 Å². The monoisotopic (exact) mass is 263 g/mol. The van der Waals surface area contributed by atoms with E-state index in [1.807, 2.05) is 58.9 Å². The van der Waals surface area contributed by atoms with Crippen LogP contribution in [0.5, 0.6) is 5.75 Å². The van der Waals surface area contributed by atoms with Crippen LogP contribution in [0.2, 0.25) is 0 Å². The topological polar surface area (TPSA) is 38.3 Å². The van der Waals surface area contributed by atoms with Gasteiger partial charge in [0.05, 0.1) is 0 Å². The minimum atomic E-state index is -0.238. The van der Waals surface area contributed by atoms with Crippen LogP contribution in [-0.4, -0.2) is 11.5 Å². The molecule has 19 heavy (non-hydrogen) atoms. The van der Waals surface area contributed by atoms with Crippen molar-refractivity contribution >= 4 is 5.91 Å². The number of hydrogen-bond acceptors (Lipinski definition) is 2. The third-order valence-electron chi connectivity index (χ3n) is 2.46. The largest absolute Gasteiger partial charge is 0.488 e. The summed E-state index contributed by atoms with van der Waals surface area (Å²) in [5.41, 5.74) is 0.771. The van der Waals surface area contributed by atoms with E-state index in [1.165, 1.54) is 0 Å². The predicted octanol–water partition coefficient (Wildman–Crippen LogP) is 3.53. The van der Waals surface area contributed by atoms with Crippen molar-refractivity contribution in [2.45, 2.75) is 53.2 Å². The molecule has 3 nitrogen and oxygen atoms in total. The van der Waals surface area contributed by atoms with Gasteiger partial charge in [-0.05, 0) is 32.8 Å². The lowest BCUT2D eigenvalue weighted by Crippen LogP contribution is -2.26. The lowest BCUT2D eigenvalue weighted by atomic mass is 10.1. The van der Waals surface area contributed by atoms with E-state index < -0.39 is 0 Å². The van der Waals surface area contributed by atoms with Crippen molar-refractivity contribution in [1.82, 2.24) is 5.32 Å². The van der Waals surface area contributed by atoms with E-state index in [9.17, 15) is 4.79 Å². The number of rotatable bonds is 5. The van der Waals surface area contributed by atoms with Crippen LogP contribution >= 0.6 is 0 Å². The summed E-state index contributed by atoms with van der Waals surface area (Å²) < 4.78 is 5.89. The molecule has 106 valence electrons. The quantitative estimate of drug-likeness (QED) is 0.882. The molecule has 0 aliphatic rings. The molecule has 0 bridgehead atoms. The van der Waals surface area contributed by atoms with Crippen LogP contribution in [0.4, 0.5) is 0 Å². The van der Waals surface area contributed by atoms with Gasteiger partial charge in [-0.1, -0.05) is 32.0 Å². The van der Waals surface area contributed by atoms with Crippen molar-refractivity contribution < 1.29 is 9.53 Å². The summed E-state index contributed by atoms with van der Waals surface area (Å²) >= 11 is 0. The molecule has 3 heteroatoms. The molecule has 1 amide bonds. The van der Waals surface area contributed by atoms with Crippen LogP contribution in [0, 0.1) is 5.92 Å². The van der Waals surface area contributed by atoms with Crippen LogP contribution in [0.25, 0.3) is 0 Å².